The molecule has 0 aromatic heterocycles. The molecule has 3 aromatic carbocycles. The van der Waals surface area contributed by atoms with E-state index in [1.54, 1.807) is 56.4 Å². The third-order valence-corrected chi connectivity index (χ3v) is 7.00. The van der Waals surface area contributed by atoms with Crippen molar-refractivity contribution in [2.45, 2.75) is 32.1 Å². The molecule has 0 N–H and O–H groups in total. The summed E-state index contributed by atoms with van der Waals surface area (Å²) >= 11 is 6.49. The minimum atomic E-state index is -1.15. The van der Waals surface area contributed by atoms with E-state index >= 15 is 0 Å². The number of rotatable bonds is 8. The molecule has 1 amide bonds. The first-order valence-corrected chi connectivity index (χ1v) is 13.3. The van der Waals surface area contributed by atoms with E-state index < -0.39 is 24.1 Å². The molecule has 0 radical (unpaired) electrons. The Balaban J connectivity index is 1.65. The largest absolute Gasteiger partial charge is 0.497 e. The maximum absolute atomic E-state index is 14.2. The topological polar surface area (TPSA) is 92.8 Å². The number of fused-ring (bicyclic) bond motifs is 2. The van der Waals surface area contributed by atoms with Crippen LogP contribution in [0.3, 0.4) is 0 Å². The number of carbonyl (C=O) groups excluding carboxylic acids is 2. The van der Waals surface area contributed by atoms with Crippen LogP contribution in [0.2, 0.25) is 5.02 Å². The Bertz CT molecular complexity index is 1410. The van der Waals surface area contributed by atoms with E-state index in [9.17, 15) is 9.59 Å². The van der Waals surface area contributed by atoms with Crippen molar-refractivity contribution in [1.29, 1.82) is 0 Å². The Labute approximate surface area is 237 Å². The summed E-state index contributed by atoms with van der Waals surface area (Å²) in [6.45, 7) is 2.83. The molecular weight excluding hydrogens is 538 g/mol. The van der Waals surface area contributed by atoms with Gasteiger partial charge in [-0.1, -0.05) is 23.7 Å². The molecule has 0 bridgehead atoms. The van der Waals surface area contributed by atoms with Crippen molar-refractivity contribution < 1.29 is 38.0 Å². The van der Waals surface area contributed by atoms with Gasteiger partial charge in [-0.2, -0.15) is 0 Å². The molecule has 9 nitrogen and oxygen atoms in total. The maximum Gasteiger partial charge on any atom is 0.308 e. The number of benzene rings is 3. The minimum absolute atomic E-state index is 0.141. The van der Waals surface area contributed by atoms with Crippen LogP contribution in [0.25, 0.3) is 0 Å². The summed E-state index contributed by atoms with van der Waals surface area (Å²) in [4.78, 5) is 28.4. The van der Waals surface area contributed by atoms with E-state index in [1.807, 2.05) is 24.3 Å². The molecule has 2 heterocycles. The van der Waals surface area contributed by atoms with Gasteiger partial charge in [0, 0.05) is 27.8 Å². The average molecular weight is 568 g/mol. The van der Waals surface area contributed by atoms with Crippen LogP contribution in [0, 0.1) is 0 Å². The minimum Gasteiger partial charge on any atom is -0.497 e. The molecule has 5 rings (SSSR count). The summed E-state index contributed by atoms with van der Waals surface area (Å²) in [5.41, 5.74) is 2.62. The van der Waals surface area contributed by atoms with E-state index in [0.29, 0.717) is 58.0 Å². The fraction of sp³-hybridized carbons (Fsp3) is 0.333. The summed E-state index contributed by atoms with van der Waals surface area (Å²) < 4.78 is 34.4. The van der Waals surface area contributed by atoms with Crippen molar-refractivity contribution in [3.05, 3.63) is 76.3 Å². The van der Waals surface area contributed by atoms with Gasteiger partial charge in [0.05, 0.1) is 39.5 Å². The molecule has 0 saturated heterocycles. The second kappa shape index (κ2) is 12.1. The number of hydrogen-bond acceptors (Lipinski definition) is 8. The average Bonchev–Trinajstić information content (AvgIpc) is 3.07. The second-order valence-corrected chi connectivity index (χ2v) is 9.63. The lowest BCUT2D eigenvalue weighted by Gasteiger charge is -2.27. The van der Waals surface area contributed by atoms with Crippen LogP contribution in [0.4, 0.5) is 5.69 Å². The molecule has 40 heavy (non-hydrogen) atoms. The number of esters is 1. The first-order chi connectivity index (χ1) is 19.4. The number of anilines is 1. The summed E-state index contributed by atoms with van der Waals surface area (Å²) in [5.74, 6) is 1.33. The maximum atomic E-state index is 14.2. The van der Waals surface area contributed by atoms with Crippen LogP contribution < -0.4 is 23.8 Å². The van der Waals surface area contributed by atoms with Crippen LogP contribution in [0.5, 0.6) is 23.0 Å². The Hall–Kier alpha value is -3.95. The summed E-state index contributed by atoms with van der Waals surface area (Å²) in [6.07, 6.45) is -2.22. The zero-order valence-corrected chi connectivity index (χ0v) is 23.2. The third-order valence-electron chi connectivity index (χ3n) is 6.76. The molecule has 0 saturated carbocycles. The number of nitrogens with zero attached hydrogens (tertiary/aromatic N) is 1. The first kappa shape index (κ1) is 27.6. The van der Waals surface area contributed by atoms with E-state index in [2.05, 4.69) is 0 Å². The summed E-state index contributed by atoms with van der Waals surface area (Å²) in [7, 11) is 3.13. The Morgan fingerprint density at radius 2 is 1.85 bits per heavy atom. The van der Waals surface area contributed by atoms with Gasteiger partial charge in [0.2, 0.25) is 0 Å². The summed E-state index contributed by atoms with van der Waals surface area (Å²) in [6, 6.07) is 16.2. The van der Waals surface area contributed by atoms with Gasteiger partial charge in [-0.15, -0.1) is 0 Å². The Morgan fingerprint density at radius 1 is 1.02 bits per heavy atom. The second-order valence-electron chi connectivity index (χ2n) is 9.19. The van der Waals surface area contributed by atoms with Crippen LogP contribution in [-0.2, 0) is 25.6 Å². The molecule has 2 atom stereocenters. The highest BCUT2D eigenvalue weighted by atomic mass is 35.5. The molecule has 3 aromatic rings. The lowest BCUT2D eigenvalue weighted by Crippen LogP contribution is -2.40. The fourth-order valence-corrected chi connectivity index (χ4v) is 5.12. The van der Waals surface area contributed by atoms with Crippen LogP contribution in [0.1, 0.15) is 36.1 Å². The molecule has 0 fully saturated rings. The molecule has 0 spiro atoms. The number of hydrogen-bond donors (Lipinski definition) is 0. The predicted octanol–water partition coefficient (Wildman–Crippen LogP) is 5.10. The zero-order valence-electron chi connectivity index (χ0n) is 22.5. The van der Waals surface area contributed by atoms with Crippen molar-refractivity contribution in [2.24, 2.45) is 0 Å². The predicted molar refractivity (Wildman–Crippen MR) is 148 cm³/mol. The molecule has 0 unspecified atom stereocenters. The van der Waals surface area contributed by atoms with Gasteiger partial charge >= 0.3 is 5.97 Å². The van der Waals surface area contributed by atoms with Gasteiger partial charge in [0.15, 0.2) is 11.5 Å². The molecular formula is C30H30ClNO8. The number of amides is 1. The molecule has 2 aliphatic heterocycles. The first-order valence-electron chi connectivity index (χ1n) is 12.9. The Morgan fingerprint density at radius 3 is 2.62 bits per heavy atom. The lowest BCUT2D eigenvalue weighted by atomic mass is 9.97. The van der Waals surface area contributed by atoms with Crippen molar-refractivity contribution in [1.82, 2.24) is 0 Å². The highest BCUT2D eigenvalue weighted by molar-refractivity contribution is 6.30. The summed E-state index contributed by atoms with van der Waals surface area (Å²) in [5, 5.41) is 0.465. The zero-order chi connectivity index (χ0) is 28.2. The number of halogens is 1. The van der Waals surface area contributed by atoms with Crippen LogP contribution in [0.15, 0.2) is 54.6 Å². The van der Waals surface area contributed by atoms with Crippen LogP contribution in [-0.4, -0.2) is 52.0 Å². The third kappa shape index (κ3) is 5.52. The van der Waals surface area contributed by atoms with Gasteiger partial charge < -0.3 is 33.3 Å². The van der Waals surface area contributed by atoms with Crippen molar-refractivity contribution in [2.75, 3.05) is 38.9 Å². The monoisotopic (exact) mass is 567 g/mol. The van der Waals surface area contributed by atoms with Gasteiger partial charge in [-0.05, 0) is 43.3 Å². The van der Waals surface area contributed by atoms with Gasteiger partial charge in [-0.3, -0.25) is 9.59 Å². The van der Waals surface area contributed by atoms with Crippen molar-refractivity contribution >= 4 is 29.2 Å². The number of methoxy groups -OCH3 is 2. The van der Waals surface area contributed by atoms with Crippen molar-refractivity contribution in [3.63, 3.8) is 0 Å². The standard InChI is InChI=1S/C30H30ClNO8/c1-4-37-27(33)16-26-30(34)32(17-18-8-10-20(35-2)15-25(18)36-3)23-11-9-19(31)14-22(23)28(40-26)21-6-5-7-24-29(21)39-13-12-38-24/h5-11,14-15,26,28H,4,12-13,16-17H2,1-3H3/t26-,28-/m0/s1. The number of carbonyl (C=O) groups is 2. The molecule has 10 heteroatoms. The highest BCUT2D eigenvalue weighted by Gasteiger charge is 2.40. The van der Waals surface area contributed by atoms with Gasteiger partial charge in [0.1, 0.15) is 36.9 Å². The van der Waals surface area contributed by atoms with Gasteiger partial charge in [0.25, 0.3) is 5.91 Å². The quantitative estimate of drug-likeness (QED) is 0.347. The van der Waals surface area contributed by atoms with E-state index in [1.165, 1.54) is 0 Å². The van der Waals surface area contributed by atoms with Gasteiger partial charge in [-0.25, -0.2) is 0 Å². The smallest absolute Gasteiger partial charge is 0.308 e. The van der Waals surface area contributed by atoms with E-state index in [-0.39, 0.29) is 19.6 Å². The van der Waals surface area contributed by atoms with Crippen molar-refractivity contribution in [3.8, 4) is 23.0 Å². The number of ether oxygens (including phenoxy) is 6. The lowest BCUT2D eigenvalue weighted by molar-refractivity contribution is -0.151. The number of para-hydroxylation sites is 1. The molecule has 210 valence electrons. The highest BCUT2D eigenvalue weighted by Crippen LogP contribution is 2.46. The van der Waals surface area contributed by atoms with E-state index in [0.717, 1.165) is 5.56 Å². The van der Waals surface area contributed by atoms with Crippen LogP contribution >= 0.6 is 11.6 Å². The molecule has 2 aliphatic rings. The van der Waals surface area contributed by atoms with E-state index in [4.69, 9.17) is 40.0 Å². The Kier molecular flexibility index (Phi) is 8.32. The fourth-order valence-electron chi connectivity index (χ4n) is 4.94. The molecule has 0 aliphatic carbocycles. The normalized spacial score (nSPS) is 18.0. The SMILES string of the molecule is CCOC(=O)C[C@@H]1O[C@@H](c2cccc3c2OCCO3)c2cc(Cl)ccc2N(Cc2ccc(OC)cc2OC)C1=O.